The maximum absolute atomic E-state index is 12.5. The molecular weight excluding hydrogens is 504 g/mol. The zero-order valence-corrected chi connectivity index (χ0v) is 21.6. The Labute approximate surface area is 224 Å². The zero-order valence-electron chi connectivity index (χ0n) is 21.6. The minimum atomic E-state index is -1.29. The van der Waals surface area contributed by atoms with Crippen LogP contribution in [0, 0.1) is 0 Å². The van der Waals surface area contributed by atoms with E-state index < -0.39 is 23.9 Å². The molecule has 39 heavy (non-hydrogen) atoms. The summed E-state index contributed by atoms with van der Waals surface area (Å²) in [6.07, 6.45) is 6.77. The highest BCUT2D eigenvalue weighted by molar-refractivity contribution is 5.97. The molecule has 1 aliphatic carbocycles. The monoisotopic (exact) mass is 536 g/mol. The van der Waals surface area contributed by atoms with E-state index in [9.17, 15) is 19.5 Å². The van der Waals surface area contributed by atoms with Gasteiger partial charge in [-0.25, -0.2) is 14.8 Å². The largest absolute Gasteiger partial charge is 0.481 e. The summed E-state index contributed by atoms with van der Waals surface area (Å²) in [5, 5.41) is 23.9. The average Bonchev–Trinajstić information content (AvgIpc) is 2.91. The highest BCUT2D eigenvalue weighted by Gasteiger charge is 2.22. The van der Waals surface area contributed by atoms with Gasteiger partial charge < -0.3 is 31.5 Å². The molecule has 2 aromatic heterocycles. The second-order valence-corrected chi connectivity index (χ2v) is 9.64. The highest BCUT2D eigenvalue weighted by atomic mass is 16.4. The van der Waals surface area contributed by atoms with Gasteiger partial charge in [0, 0.05) is 30.8 Å². The zero-order chi connectivity index (χ0) is 27.9. The first-order valence-electron chi connectivity index (χ1n) is 12.8. The third-order valence-corrected chi connectivity index (χ3v) is 6.64. The molecular formula is C26H32N8O5. The smallest absolute Gasteiger partial charge is 0.326 e. The van der Waals surface area contributed by atoms with Crippen molar-refractivity contribution in [3.05, 3.63) is 41.7 Å². The summed E-state index contributed by atoms with van der Waals surface area (Å²) in [5.41, 5.74) is 8.63. The van der Waals surface area contributed by atoms with E-state index in [4.69, 9.17) is 15.8 Å². The van der Waals surface area contributed by atoms with Crippen molar-refractivity contribution < 1.29 is 24.6 Å². The van der Waals surface area contributed by atoms with Crippen LogP contribution in [0.15, 0.2) is 30.5 Å². The number of carbonyl (C=O) groups is 3. The van der Waals surface area contributed by atoms with Crippen LogP contribution in [0.1, 0.15) is 61.0 Å². The lowest BCUT2D eigenvalue weighted by Gasteiger charge is -2.24. The van der Waals surface area contributed by atoms with E-state index in [2.05, 4.69) is 25.6 Å². The van der Waals surface area contributed by atoms with Crippen molar-refractivity contribution in [3.63, 3.8) is 0 Å². The van der Waals surface area contributed by atoms with Gasteiger partial charge in [-0.15, -0.1) is 0 Å². The first-order chi connectivity index (χ1) is 18.7. The van der Waals surface area contributed by atoms with E-state index in [1.54, 1.807) is 30.5 Å². The van der Waals surface area contributed by atoms with Gasteiger partial charge in [0.1, 0.15) is 6.04 Å². The van der Waals surface area contributed by atoms with Gasteiger partial charge in [0.15, 0.2) is 17.0 Å². The molecule has 1 aromatic carbocycles. The Balaban J connectivity index is 1.44. The Morgan fingerprint density at radius 3 is 2.46 bits per heavy atom. The van der Waals surface area contributed by atoms with E-state index in [1.807, 2.05) is 11.9 Å². The molecule has 13 nitrogen and oxygen atoms in total. The van der Waals surface area contributed by atoms with Crippen molar-refractivity contribution >= 4 is 46.5 Å². The molecule has 1 fully saturated rings. The van der Waals surface area contributed by atoms with Crippen molar-refractivity contribution in [2.24, 2.45) is 0 Å². The summed E-state index contributed by atoms with van der Waals surface area (Å²) in [6.45, 7) is 0.415. The maximum Gasteiger partial charge on any atom is 0.326 e. The van der Waals surface area contributed by atoms with Crippen LogP contribution in [0.2, 0.25) is 0 Å². The second-order valence-electron chi connectivity index (χ2n) is 9.64. The number of nitrogens with one attached hydrogen (secondary N) is 2. The number of amides is 1. The predicted molar refractivity (Wildman–Crippen MR) is 144 cm³/mol. The van der Waals surface area contributed by atoms with Crippen LogP contribution in [-0.2, 0) is 16.1 Å². The topological polar surface area (TPSA) is 197 Å². The fraction of sp³-hybridized carbons (Fsp3) is 0.423. The number of hydrogen-bond acceptors (Lipinski definition) is 10. The average molecular weight is 537 g/mol. The molecule has 6 N–H and O–H groups in total. The molecule has 3 aromatic rings. The van der Waals surface area contributed by atoms with Crippen LogP contribution in [0.3, 0.4) is 0 Å². The lowest BCUT2D eigenvalue weighted by atomic mass is 9.95. The van der Waals surface area contributed by atoms with E-state index in [0.717, 1.165) is 18.5 Å². The van der Waals surface area contributed by atoms with Crippen LogP contribution in [0.25, 0.3) is 11.2 Å². The number of anilines is 3. The standard InChI is InChI=1S/C26H32N8O5/c1-34(18-9-7-15(8-10-18)24(37)31-19(25(38)39)11-12-20(35)36)14-17-13-28-22-21(29-17)23(33-26(27)32-22)30-16-5-3-2-4-6-16/h7-10,13,16,19H,2-6,11-12,14H2,1H3,(H,31,37)(H,35,36)(H,38,39)(H3,27,28,30,32,33)/t19-/m0/s1. The number of carboxylic acid groups (broad SMARTS) is 2. The molecule has 4 rings (SSSR count). The van der Waals surface area contributed by atoms with Gasteiger partial charge in [0.2, 0.25) is 5.95 Å². The van der Waals surface area contributed by atoms with Gasteiger partial charge in [0.05, 0.1) is 18.4 Å². The number of carboxylic acids is 2. The molecule has 13 heteroatoms. The molecule has 1 atom stereocenters. The molecule has 0 saturated heterocycles. The Bertz CT molecular complexity index is 1340. The number of aliphatic carboxylic acids is 2. The van der Waals surface area contributed by atoms with Crippen LogP contribution < -0.4 is 21.3 Å². The number of nitrogens with two attached hydrogens (primary N) is 1. The third-order valence-electron chi connectivity index (χ3n) is 6.64. The minimum absolute atomic E-state index is 0.140. The number of carbonyl (C=O) groups excluding carboxylic acids is 1. The summed E-state index contributed by atoms with van der Waals surface area (Å²) in [6, 6.07) is 5.63. The number of benzene rings is 1. The molecule has 0 spiro atoms. The van der Waals surface area contributed by atoms with Crippen LogP contribution in [0.4, 0.5) is 17.5 Å². The molecule has 2 heterocycles. The molecule has 1 aliphatic rings. The first-order valence-corrected chi connectivity index (χ1v) is 12.8. The normalized spacial score (nSPS) is 14.5. The van der Waals surface area contributed by atoms with Crippen molar-refractivity contribution in [1.29, 1.82) is 0 Å². The van der Waals surface area contributed by atoms with E-state index in [1.165, 1.54) is 19.3 Å². The molecule has 0 aliphatic heterocycles. The summed E-state index contributed by atoms with van der Waals surface area (Å²) < 4.78 is 0. The number of fused-ring (bicyclic) bond motifs is 1. The lowest BCUT2D eigenvalue weighted by molar-refractivity contribution is -0.140. The fourth-order valence-corrected chi connectivity index (χ4v) is 4.55. The van der Waals surface area contributed by atoms with E-state index in [0.29, 0.717) is 35.3 Å². The van der Waals surface area contributed by atoms with E-state index in [-0.39, 0.29) is 24.4 Å². The number of rotatable bonds is 11. The van der Waals surface area contributed by atoms with Gasteiger partial charge in [-0.3, -0.25) is 9.59 Å². The van der Waals surface area contributed by atoms with Crippen molar-refractivity contribution in [1.82, 2.24) is 25.3 Å². The quantitative estimate of drug-likeness (QED) is 0.240. The minimum Gasteiger partial charge on any atom is -0.481 e. The molecule has 1 saturated carbocycles. The van der Waals surface area contributed by atoms with E-state index >= 15 is 0 Å². The fourth-order valence-electron chi connectivity index (χ4n) is 4.55. The van der Waals surface area contributed by atoms with Crippen molar-refractivity contribution in [2.75, 3.05) is 23.0 Å². The lowest BCUT2D eigenvalue weighted by Crippen LogP contribution is -2.41. The second kappa shape index (κ2) is 12.3. The predicted octanol–water partition coefficient (Wildman–Crippen LogP) is 2.43. The number of hydrogen-bond donors (Lipinski definition) is 5. The SMILES string of the molecule is CN(Cc1cnc2nc(N)nc(NC3CCCCC3)c2n1)c1ccc(C(=O)N[C@@H](CCC(=O)O)C(=O)O)cc1. The number of aromatic nitrogens is 4. The first kappa shape index (κ1) is 27.5. The molecule has 0 bridgehead atoms. The van der Waals surface area contributed by atoms with Crippen LogP contribution >= 0.6 is 0 Å². The molecule has 0 radical (unpaired) electrons. The molecule has 1 amide bonds. The summed E-state index contributed by atoms with van der Waals surface area (Å²) >= 11 is 0. The van der Waals surface area contributed by atoms with Gasteiger partial charge in [-0.2, -0.15) is 9.97 Å². The van der Waals surface area contributed by atoms with Gasteiger partial charge in [0.25, 0.3) is 5.91 Å². The van der Waals surface area contributed by atoms with Crippen LogP contribution in [-0.4, -0.2) is 67.1 Å². The molecule has 0 unspecified atom stereocenters. The Morgan fingerprint density at radius 2 is 1.79 bits per heavy atom. The van der Waals surface area contributed by atoms with Gasteiger partial charge in [-0.1, -0.05) is 19.3 Å². The maximum atomic E-state index is 12.5. The summed E-state index contributed by atoms with van der Waals surface area (Å²) in [5.74, 6) is -2.30. The van der Waals surface area contributed by atoms with Gasteiger partial charge in [-0.05, 0) is 43.5 Å². The Morgan fingerprint density at radius 1 is 1.08 bits per heavy atom. The van der Waals surface area contributed by atoms with Crippen molar-refractivity contribution in [3.8, 4) is 0 Å². The highest BCUT2D eigenvalue weighted by Crippen LogP contribution is 2.25. The Hall–Kier alpha value is -4.55. The third kappa shape index (κ3) is 7.27. The summed E-state index contributed by atoms with van der Waals surface area (Å²) in [4.78, 5) is 54.4. The Kier molecular flexibility index (Phi) is 8.69. The van der Waals surface area contributed by atoms with Crippen molar-refractivity contribution in [2.45, 2.75) is 63.6 Å². The van der Waals surface area contributed by atoms with Crippen LogP contribution in [0.5, 0.6) is 0 Å². The molecule has 206 valence electrons. The number of nitrogens with zero attached hydrogens (tertiary/aromatic N) is 5. The van der Waals surface area contributed by atoms with Gasteiger partial charge >= 0.3 is 11.9 Å². The number of nitrogen functional groups attached to an aromatic ring is 1. The summed E-state index contributed by atoms with van der Waals surface area (Å²) in [7, 11) is 1.87.